The molecule has 0 saturated heterocycles. The number of carbonyl (C=O) groups excluding carboxylic acids is 2. The molecule has 6 heteroatoms. The normalized spacial score (nSPS) is 12.5. The van der Waals surface area contributed by atoms with E-state index in [0.717, 1.165) is 11.1 Å². The van der Waals surface area contributed by atoms with E-state index < -0.39 is 6.10 Å². The Bertz CT molecular complexity index is 1070. The summed E-state index contributed by atoms with van der Waals surface area (Å²) in [5.41, 5.74) is 2.67. The lowest BCUT2D eigenvalue weighted by atomic mass is 10.1. The molecule has 0 radical (unpaired) electrons. The molecular weight excluding hydrogens is 412 g/mol. The van der Waals surface area contributed by atoms with Gasteiger partial charge in [0.05, 0.1) is 17.3 Å². The van der Waals surface area contributed by atoms with Gasteiger partial charge in [-0.05, 0) is 62.2 Å². The molecule has 0 aliphatic carbocycles. The first-order chi connectivity index (χ1) is 14.8. The molecule has 2 N–H and O–H groups in total. The number of ether oxygens (including phenoxy) is 1. The minimum absolute atomic E-state index is 0.173. The number of benzene rings is 3. The molecule has 3 aromatic carbocycles. The molecule has 160 valence electrons. The Balaban J connectivity index is 1.68. The van der Waals surface area contributed by atoms with E-state index in [1.54, 1.807) is 49.4 Å². The number of nitrogens with one attached hydrogen (secondary N) is 2. The van der Waals surface area contributed by atoms with Crippen LogP contribution in [0.15, 0.2) is 72.8 Å². The summed E-state index contributed by atoms with van der Waals surface area (Å²) in [6.45, 7) is 5.43. The average molecular weight is 437 g/mol. The number of rotatable bonds is 7. The number of anilines is 1. The van der Waals surface area contributed by atoms with Crippen molar-refractivity contribution in [2.45, 2.75) is 32.9 Å². The van der Waals surface area contributed by atoms with E-state index in [1.165, 1.54) is 0 Å². The van der Waals surface area contributed by atoms with Gasteiger partial charge in [0.1, 0.15) is 5.75 Å². The Morgan fingerprint density at radius 2 is 1.61 bits per heavy atom. The molecule has 0 unspecified atom stereocenters. The van der Waals surface area contributed by atoms with Crippen LogP contribution >= 0.6 is 11.6 Å². The predicted molar refractivity (Wildman–Crippen MR) is 124 cm³/mol. The summed E-state index contributed by atoms with van der Waals surface area (Å²) in [6, 6.07) is 21.6. The molecule has 0 aliphatic heterocycles. The smallest absolute Gasteiger partial charge is 0.265 e. The van der Waals surface area contributed by atoms with Crippen molar-refractivity contribution in [1.29, 1.82) is 0 Å². The van der Waals surface area contributed by atoms with Crippen molar-refractivity contribution in [2.75, 3.05) is 5.32 Å². The first-order valence-corrected chi connectivity index (χ1v) is 10.4. The second-order valence-corrected chi connectivity index (χ2v) is 7.72. The van der Waals surface area contributed by atoms with Gasteiger partial charge in [-0.25, -0.2) is 0 Å². The van der Waals surface area contributed by atoms with Crippen molar-refractivity contribution in [3.05, 3.63) is 94.5 Å². The highest BCUT2D eigenvalue weighted by Gasteiger charge is 2.20. The minimum Gasteiger partial charge on any atom is -0.481 e. The molecule has 0 fully saturated rings. The van der Waals surface area contributed by atoms with Crippen LogP contribution in [0.3, 0.4) is 0 Å². The second-order valence-electron chi connectivity index (χ2n) is 7.31. The molecule has 0 spiro atoms. The fourth-order valence-corrected chi connectivity index (χ4v) is 3.19. The lowest BCUT2D eigenvalue weighted by molar-refractivity contribution is -0.122. The molecule has 0 saturated carbocycles. The largest absolute Gasteiger partial charge is 0.481 e. The maximum Gasteiger partial charge on any atom is 0.265 e. The van der Waals surface area contributed by atoms with Crippen LogP contribution in [0.1, 0.15) is 41.4 Å². The summed E-state index contributed by atoms with van der Waals surface area (Å²) in [6.07, 6.45) is -0.764. The van der Waals surface area contributed by atoms with E-state index in [4.69, 9.17) is 16.3 Å². The van der Waals surface area contributed by atoms with Gasteiger partial charge in [-0.2, -0.15) is 0 Å². The maximum atomic E-state index is 12.9. The van der Waals surface area contributed by atoms with Crippen molar-refractivity contribution < 1.29 is 14.3 Å². The predicted octanol–water partition coefficient (Wildman–Crippen LogP) is 5.55. The quantitative estimate of drug-likeness (QED) is 0.510. The van der Waals surface area contributed by atoms with Gasteiger partial charge in [-0.3, -0.25) is 9.59 Å². The zero-order valence-electron chi connectivity index (χ0n) is 17.7. The lowest BCUT2D eigenvalue weighted by Crippen LogP contribution is -2.32. The first-order valence-electron chi connectivity index (χ1n) is 10.0. The highest BCUT2D eigenvalue weighted by atomic mass is 35.5. The third kappa shape index (κ3) is 5.86. The third-order valence-corrected chi connectivity index (χ3v) is 5.31. The van der Waals surface area contributed by atoms with Gasteiger partial charge in [0, 0.05) is 5.02 Å². The van der Waals surface area contributed by atoms with Crippen LogP contribution in [0, 0.1) is 6.92 Å². The number of carbonyl (C=O) groups is 2. The Kier molecular flexibility index (Phi) is 7.32. The van der Waals surface area contributed by atoms with Gasteiger partial charge in [0.15, 0.2) is 6.10 Å². The minimum atomic E-state index is -0.764. The molecule has 0 heterocycles. The van der Waals surface area contributed by atoms with Crippen molar-refractivity contribution in [1.82, 2.24) is 5.32 Å². The average Bonchev–Trinajstić information content (AvgIpc) is 2.77. The Hall–Kier alpha value is -3.31. The molecule has 5 nitrogen and oxygen atoms in total. The summed E-state index contributed by atoms with van der Waals surface area (Å²) >= 11 is 6.04. The number of aryl methyl sites for hydroxylation is 1. The summed E-state index contributed by atoms with van der Waals surface area (Å²) in [5.74, 6) is -0.0784. The number of para-hydroxylation sites is 1. The molecular formula is C25H25ClN2O3. The lowest BCUT2D eigenvalue weighted by Gasteiger charge is -2.18. The van der Waals surface area contributed by atoms with Crippen molar-refractivity contribution in [3.8, 4) is 5.75 Å². The molecule has 2 atom stereocenters. The van der Waals surface area contributed by atoms with E-state index in [-0.39, 0.29) is 17.9 Å². The summed E-state index contributed by atoms with van der Waals surface area (Å²) < 4.78 is 5.74. The van der Waals surface area contributed by atoms with Crippen molar-refractivity contribution in [2.24, 2.45) is 0 Å². The summed E-state index contributed by atoms with van der Waals surface area (Å²) in [7, 11) is 0. The maximum absolute atomic E-state index is 12.9. The zero-order chi connectivity index (χ0) is 22.4. The standard InChI is InChI=1S/C25H25ClN2O3/c1-16-15-20(13-14-22(16)26)31-18(3)24(29)28-23-12-8-7-11-21(23)25(30)27-17(2)19-9-5-4-6-10-19/h4-15,17-18H,1-3H3,(H,27,30)(H,28,29)/t17-,18+/m0/s1. The van der Waals surface area contributed by atoms with E-state index in [9.17, 15) is 9.59 Å². The van der Waals surface area contributed by atoms with Crippen LogP contribution in [0.25, 0.3) is 0 Å². The Morgan fingerprint density at radius 1 is 0.935 bits per heavy atom. The van der Waals surface area contributed by atoms with Crippen LogP contribution in [0.4, 0.5) is 5.69 Å². The highest BCUT2D eigenvalue weighted by molar-refractivity contribution is 6.31. The van der Waals surface area contributed by atoms with Crippen LogP contribution < -0.4 is 15.4 Å². The second kappa shape index (κ2) is 10.1. The molecule has 0 aromatic heterocycles. The topological polar surface area (TPSA) is 67.4 Å². The van der Waals surface area contributed by atoms with E-state index in [2.05, 4.69) is 10.6 Å². The molecule has 2 amide bonds. The van der Waals surface area contributed by atoms with Crippen molar-refractivity contribution >= 4 is 29.1 Å². The number of amides is 2. The van der Waals surface area contributed by atoms with Gasteiger partial charge in [-0.1, -0.05) is 54.1 Å². The first kappa shape index (κ1) is 22.4. The molecule has 0 bridgehead atoms. The number of halogens is 1. The summed E-state index contributed by atoms with van der Waals surface area (Å²) in [4.78, 5) is 25.5. The zero-order valence-corrected chi connectivity index (χ0v) is 18.4. The number of hydrogen-bond acceptors (Lipinski definition) is 3. The van der Waals surface area contributed by atoms with Gasteiger partial charge in [0.25, 0.3) is 11.8 Å². The fraction of sp³-hybridized carbons (Fsp3) is 0.200. The van der Waals surface area contributed by atoms with Crippen LogP contribution in [0.2, 0.25) is 5.02 Å². The van der Waals surface area contributed by atoms with Gasteiger partial charge in [-0.15, -0.1) is 0 Å². The highest BCUT2D eigenvalue weighted by Crippen LogP contribution is 2.23. The van der Waals surface area contributed by atoms with Gasteiger partial charge in [0.2, 0.25) is 0 Å². The molecule has 0 aliphatic rings. The van der Waals surface area contributed by atoms with E-state index in [0.29, 0.717) is 22.0 Å². The molecule has 3 aromatic rings. The van der Waals surface area contributed by atoms with Gasteiger partial charge >= 0.3 is 0 Å². The van der Waals surface area contributed by atoms with Crippen LogP contribution in [-0.4, -0.2) is 17.9 Å². The molecule has 3 rings (SSSR count). The van der Waals surface area contributed by atoms with Crippen LogP contribution in [0.5, 0.6) is 5.75 Å². The van der Waals surface area contributed by atoms with E-state index >= 15 is 0 Å². The molecule has 31 heavy (non-hydrogen) atoms. The fourth-order valence-electron chi connectivity index (χ4n) is 3.07. The van der Waals surface area contributed by atoms with Gasteiger partial charge < -0.3 is 15.4 Å². The van der Waals surface area contributed by atoms with E-state index in [1.807, 2.05) is 44.2 Å². The summed E-state index contributed by atoms with van der Waals surface area (Å²) in [5, 5.41) is 6.41. The van der Waals surface area contributed by atoms with Crippen LogP contribution in [-0.2, 0) is 4.79 Å². The SMILES string of the molecule is Cc1cc(O[C@H](C)C(=O)Nc2ccccc2C(=O)N[C@@H](C)c2ccccc2)ccc1Cl. The third-order valence-electron chi connectivity index (χ3n) is 4.89. The Morgan fingerprint density at radius 3 is 2.32 bits per heavy atom. The monoisotopic (exact) mass is 436 g/mol. The van der Waals surface area contributed by atoms with Crippen molar-refractivity contribution in [3.63, 3.8) is 0 Å². The Labute approximate surface area is 187 Å². The number of hydrogen-bond donors (Lipinski definition) is 2.